The Balaban J connectivity index is 1.47. The van der Waals surface area contributed by atoms with E-state index >= 15 is 0 Å². The van der Waals surface area contributed by atoms with Crippen LogP contribution in [0.15, 0.2) is 30.7 Å². The normalized spacial score (nSPS) is 16.2. The molecule has 1 unspecified atom stereocenters. The lowest BCUT2D eigenvalue weighted by atomic mass is 10.0. The van der Waals surface area contributed by atoms with E-state index in [9.17, 15) is 22.8 Å². The lowest BCUT2D eigenvalue weighted by Gasteiger charge is -2.31. The van der Waals surface area contributed by atoms with Gasteiger partial charge in [0.25, 0.3) is 5.91 Å². The summed E-state index contributed by atoms with van der Waals surface area (Å²) < 4.78 is 44.3. The molecule has 1 N–H and O–H groups in total. The summed E-state index contributed by atoms with van der Waals surface area (Å²) in [4.78, 5) is 40.1. The number of carbonyl (C=O) groups is 2. The van der Waals surface area contributed by atoms with Crippen molar-refractivity contribution < 1.29 is 27.5 Å². The maximum Gasteiger partial charge on any atom is 0.451 e. The summed E-state index contributed by atoms with van der Waals surface area (Å²) in [6, 6.07) is 2.61. The average Bonchev–Trinajstić information content (AvgIpc) is 3.62. The van der Waals surface area contributed by atoms with Gasteiger partial charge in [-0.25, -0.2) is 15.0 Å². The maximum absolute atomic E-state index is 13.3. The molecule has 0 saturated heterocycles. The molecule has 0 radical (unpaired) electrons. The van der Waals surface area contributed by atoms with Crippen LogP contribution in [0.1, 0.15) is 52.4 Å². The number of ether oxygens (including phenoxy) is 1. The van der Waals surface area contributed by atoms with Crippen LogP contribution in [-0.2, 0) is 11.0 Å². The van der Waals surface area contributed by atoms with Crippen molar-refractivity contribution in [3.63, 3.8) is 0 Å². The molecule has 1 saturated carbocycles. The van der Waals surface area contributed by atoms with Crippen LogP contribution >= 0.6 is 11.3 Å². The van der Waals surface area contributed by atoms with E-state index in [1.165, 1.54) is 11.3 Å². The van der Waals surface area contributed by atoms with Gasteiger partial charge in [0.05, 0.1) is 23.8 Å². The van der Waals surface area contributed by atoms with E-state index in [2.05, 4.69) is 20.3 Å². The lowest BCUT2D eigenvalue weighted by molar-refractivity contribution is -0.145. The molecule has 2 amide bonds. The molecular formula is C24H22F3N5O3S. The fourth-order valence-electron chi connectivity index (χ4n) is 3.95. The summed E-state index contributed by atoms with van der Waals surface area (Å²) in [5.41, 5.74) is 1.71. The molecule has 2 aliphatic rings. The number of rotatable bonds is 5. The molecule has 5 rings (SSSR count). The van der Waals surface area contributed by atoms with Crippen molar-refractivity contribution in [2.24, 2.45) is 5.92 Å². The molecule has 1 fully saturated rings. The van der Waals surface area contributed by atoms with Crippen LogP contribution in [0, 0.1) is 12.8 Å². The van der Waals surface area contributed by atoms with Gasteiger partial charge in [-0.15, -0.1) is 11.3 Å². The summed E-state index contributed by atoms with van der Waals surface area (Å²) in [7, 11) is 0. The largest absolute Gasteiger partial charge is 0.489 e. The molecule has 36 heavy (non-hydrogen) atoms. The Bertz CT molecular complexity index is 1320. The third-order valence-corrected chi connectivity index (χ3v) is 6.95. The Morgan fingerprint density at radius 3 is 2.50 bits per heavy atom. The quantitative estimate of drug-likeness (QED) is 0.533. The topological polar surface area (TPSA) is 97.3 Å². The highest BCUT2D eigenvalue weighted by Gasteiger charge is 2.38. The smallest absolute Gasteiger partial charge is 0.451 e. The monoisotopic (exact) mass is 517 g/mol. The minimum atomic E-state index is -4.65. The zero-order valence-electron chi connectivity index (χ0n) is 19.4. The van der Waals surface area contributed by atoms with Crippen LogP contribution in [0.25, 0.3) is 10.6 Å². The first-order valence-corrected chi connectivity index (χ1v) is 12.2. The summed E-state index contributed by atoms with van der Waals surface area (Å²) >= 11 is 1.44. The molecule has 8 nitrogen and oxygen atoms in total. The minimum Gasteiger partial charge on any atom is -0.489 e. The van der Waals surface area contributed by atoms with Crippen LogP contribution in [0.3, 0.4) is 0 Å². The van der Waals surface area contributed by atoms with Crippen molar-refractivity contribution in [3.8, 4) is 16.3 Å². The number of anilines is 1. The highest BCUT2D eigenvalue weighted by Crippen LogP contribution is 2.45. The van der Waals surface area contributed by atoms with Gasteiger partial charge in [-0.1, -0.05) is 0 Å². The highest BCUT2D eigenvalue weighted by atomic mass is 32.1. The number of fused-ring (bicyclic) bond motifs is 1. The Kier molecular flexibility index (Phi) is 6.15. The lowest BCUT2D eigenvalue weighted by Crippen LogP contribution is -2.39. The summed E-state index contributed by atoms with van der Waals surface area (Å²) in [6.07, 6.45) is 0.850. The number of nitrogens with zero attached hydrogens (tertiary/aromatic N) is 4. The van der Waals surface area contributed by atoms with Crippen molar-refractivity contribution in [2.75, 3.05) is 18.1 Å². The van der Waals surface area contributed by atoms with Crippen LogP contribution in [0.5, 0.6) is 5.75 Å². The molecule has 1 aromatic carbocycles. The Hall–Kier alpha value is -3.54. The predicted octanol–water partition coefficient (Wildman–Crippen LogP) is 4.55. The molecule has 12 heteroatoms. The van der Waals surface area contributed by atoms with Gasteiger partial charge in [0.1, 0.15) is 11.6 Å². The van der Waals surface area contributed by atoms with Crippen LogP contribution in [-0.4, -0.2) is 39.9 Å². The molecule has 3 aromatic rings. The zero-order chi connectivity index (χ0) is 25.6. The van der Waals surface area contributed by atoms with Gasteiger partial charge in [-0.05, 0) is 38.8 Å². The fraction of sp³-hybridized carbons (Fsp3) is 0.375. The molecule has 2 aromatic heterocycles. The number of benzene rings is 1. The van der Waals surface area contributed by atoms with E-state index in [0.717, 1.165) is 30.1 Å². The van der Waals surface area contributed by atoms with Crippen LogP contribution in [0.2, 0.25) is 0 Å². The van der Waals surface area contributed by atoms with Crippen molar-refractivity contribution in [1.29, 1.82) is 0 Å². The minimum absolute atomic E-state index is 0.00801. The van der Waals surface area contributed by atoms with Crippen molar-refractivity contribution >= 4 is 28.8 Å². The molecule has 0 spiro atoms. The molecule has 3 heterocycles. The van der Waals surface area contributed by atoms with Gasteiger partial charge in [0, 0.05) is 40.5 Å². The molecule has 1 atom stereocenters. The fourth-order valence-corrected chi connectivity index (χ4v) is 4.72. The number of aromatic nitrogens is 3. The van der Waals surface area contributed by atoms with Crippen LogP contribution in [0.4, 0.5) is 18.9 Å². The van der Waals surface area contributed by atoms with E-state index in [1.807, 2.05) is 6.92 Å². The number of hydrogen-bond donors (Lipinski definition) is 1. The van der Waals surface area contributed by atoms with Gasteiger partial charge >= 0.3 is 6.18 Å². The van der Waals surface area contributed by atoms with E-state index in [-0.39, 0.29) is 17.4 Å². The van der Waals surface area contributed by atoms with Gasteiger partial charge < -0.3 is 15.0 Å². The number of nitrogens with one attached hydrogen (secondary N) is 1. The zero-order valence-corrected chi connectivity index (χ0v) is 20.2. The first kappa shape index (κ1) is 24.2. The van der Waals surface area contributed by atoms with E-state index in [1.54, 1.807) is 30.2 Å². The molecule has 188 valence electrons. The Morgan fingerprint density at radius 1 is 1.17 bits per heavy atom. The molecular weight excluding hydrogens is 495 g/mol. The number of thiazole rings is 1. The molecule has 1 aliphatic heterocycles. The number of amides is 2. The second kappa shape index (κ2) is 9.16. The second-order valence-electron chi connectivity index (χ2n) is 8.79. The predicted molar refractivity (Wildman–Crippen MR) is 126 cm³/mol. The van der Waals surface area contributed by atoms with Crippen molar-refractivity contribution in [2.45, 2.75) is 38.9 Å². The third-order valence-electron chi connectivity index (χ3n) is 6.00. The standard InChI is InChI=1S/C24H22F3N5O3S/c1-12-9-28-21(36-12)17-7-15(8-18-19(17)35-6-5-32(18)22(34)14-3-4-14)20(33)31-13(2)16-10-29-23(30-11-16)24(25,26)27/h7-11,13-14H,3-6H2,1-2H3,(H,31,33). The van der Waals surface area contributed by atoms with Gasteiger partial charge in [-0.3, -0.25) is 9.59 Å². The average molecular weight is 518 g/mol. The highest BCUT2D eigenvalue weighted by molar-refractivity contribution is 7.15. The number of halogens is 3. The Morgan fingerprint density at radius 2 is 1.89 bits per heavy atom. The number of aryl methyl sites for hydroxylation is 1. The third kappa shape index (κ3) is 4.77. The SMILES string of the molecule is Cc1cnc(-c2cc(C(=O)NC(C)c3cnc(C(F)(F)F)nc3)cc3c2OCCN3C(=O)C2CC2)s1. The Labute approximate surface area is 208 Å². The van der Waals surface area contributed by atoms with Gasteiger partial charge in [0.15, 0.2) is 5.75 Å². The van der Waals surface area contributed by atoms with E-state index in [4.69, 9.17) is 4.74 Å². The van der Waals surface area contributed by atoms with Crippen molar-refractivity contribution in [3.05, 3.63) is 52.6 Å². The number of hydrogen-bond acceptors (Lipinski definition) is 7. The van der Waals surface area contributed by atoms with E-state index in [0.29, 0.717) is 40.7 Å². The molecule has 1 aliphatic carbocycles. The van der Waals surface area contributed by atoms with Crippen LogP contribution < -0.4 is 15.0 Å². The first-order chi connectivity index (χ1) is 17.1. The number of carbonyl (C=O) groups excluding carboxylic acids is 2. The second-order valence-corrected chi connectivity index (χ2v) is 10.0. The van der Waals surface area contributed by atoms with Crippen molar-refractivity contribution in [1.82, 2.24) is 20.3 Å². The van der Waals surface area contributed by atoms with Gasteiger partial charge in [-0.2, -0.15) is 13.2 Å². The van der Waals surface area contributed by atoms with E-state index < -0.39 is 23.9 Å². The summed E-state index contributed by atoms with van der Waals surface area (Å²) in [6.45, 7) is 4.25. The number of alkyl halides is 3. The van der Waals surface area contributed by atoms with Gasteiger partial charge in [0.2, 0.25) is 11.7 Å². The first-order valence-electron chi connectivity index (χ1n) is 11.4. The maximum atomic E-state index is 13.3. The summed E-state index contributed by atoms with van der Waals surface area (Å²) in [5, 5.41) is 3.43. The molecule has 0 bridgehead atoms. The summed E-state index contributed by atoms with van der Waals surface area (Å²) in [5.74, 6) is -1.22.